The minimum absolute atomic E-state index is 0.0612. The van der Waals surface area contributed by atoms with Gasteiger partial charge in [0.05, 0.1) is 0 Å². The molecule has 0 aromatic heterocycles. The number of carbonyl (C=O) groups is 1. The molecule has 2 N–H and O–H groups in total. The molecule has 1 aliphatic carbocycles. The quantitative estimate of drug-likeness (QED) is 0.728. The first kappa shape index (κ1) is 16.0. The molecule has 0 spiro atoms. The van der Waals surface area contributed by atoms with Crippen LogP contribution in [0.1, 0.15) is 31.7 Å². The summed E-state index contributed by atoms with van der Waals surface area (Å²) in [6.45, 7) is 1.90. The highest BCUT2D eigenvalue weighted by Gasteiger charge is 2.59. The average molecular weight is 343 g/mol. The largest absolute Gasteiger partial charge is 0.427 e. The Labute approximate surface area is 136 Å². The molecule has 2 aliphatic rings. The zero-order chi connectivity index (χ0) is 16.9. The lowest BCUT2D eigenvalue weighted by atomic mass is 9.85. The zero-order valence-electron chi connectivity index (χ0n) is 12.3. The average Bonchev–Trinajstić information content (AvgIpc) is 3.25. The van der Waals surface area contributed by atoms with Gasteiger partial charge in [0.25, 0.3) is 0 Å². The fraction of sp³-hybridized carbons (Fsp3) is 0.438. The van der Waals surface area contributed by atoms with Crippen LogP contribution in [0.2, 0.25) is 5.02 Å². The van der Waals surface area contributed by atoms with E-state index in [1.165, 1.54) is 18.2 Å². The van der Waals surface area contributed by atoms with Gasteiger partial charge in [0, 0.05) is 21.7 Å². The van der Waals surface area contributed by atoms with Crippen LogP contribution >= 0.6 is 11.6 Å². The number of benzene rings is 1. The molecule has 1 aliphatic heterocycles. The normalized spacial score (nSPS) is 24.7. The summed E-state index contributed by atoms with van der Waals surface area (Å²) in [6.07, 6.45) is -2.54. The lowest BCUT2D eigenvalue weighted by Gasteiger charge is -2.37. The van der Waals surface area contributed by atoms with Crippen molar-refractivity contribution in [3.8, 4) is 11.8 Å². The van der Waals surface area contributed by atoms with E-state index >= 15 is 0 Å². The van der Waals surface area contributed by atoms with E-state index in [1.807, 2.05) is 12.2 Å². The molecule has 0 bridgehead atoms. The first-order valence-electron chi connectivity index (χ1n) is 7.22. The van der Waals surface area contributed by atoms with Gasteiger partial charge in [-0.3, -0.25) is 0 Å². The Morgan fingerprint density at radius 2 is 2.00 bits per heavy atom. The second-order valence-corrected chi connectivity index (χ2v) is 6.34. The van der Waals surface area contributed by atoms with Gasteiger partial charge in [-0.15, -0.1) is 0 Å². The van der Waals surface area contributed by atoms with E-state index in [0.29, 0.717) is 6.42 Å². The molecule has 1 fully saturated rings. The molecule has 122 valence electrons. The van der Waals surface area contributed by atoms with Crippen molar-refractivity contribution in [1.82, 2.24) is 5.32 Å². The summed E-state index contributed by atoms with van der Waals surface area (Å²) in [5.41, 5.74) is -3.24. The second-order valence-electron chi connectivity index (χ2n) is 5.90. The first-order chi connectivity index (χ1) is 10.7. The predicted octanol–water partition coefficient (Wildman–Crippen LogP) is 4.43. The maximum atomic E-state index is 13.9. The Kier molecular flexibility index (Phi) is 3.53. The van der Waals surface area contributed by atoms with Crippen LogP contribution in [0.3, 0.4) is 0 Å². The zero-order valence-corrected chi connectivity index (χ0v) is 13.0. The van der Waals surface area contributed by atoms with E-state index in [9.17, 15) is 18.0 Å². The van der Waals surface area contributed by atoms with Crippen molar-refractivity contribution < 1.29 is 18.0 Å². The van der Waals surface area contributed by atoms with E-state index in [0.717, 1.165) is 12.8 Å². The van der Waals surface area contributed by atoms with Crippen LogP contribution in [0.4, 0.5) is 23.7 Å². The third-order valence-corrected chi connectivity index (χ3v) is 4.64. The van der Waals surface area contributed by atoms with E-state index in [1.54, 1.807) is 0 Å². The minimum Gasteiger partial charge on any atom is -0.310 e. The minimum atomic E-state index is -4.78. The molecule has 3 nitrogen and oxygen atoms in total. The van der Waals surface area contributed by atoms with Crippen molar-refractivity contribution in [2.75, 3.05) is 5.32 Å². The Bertz CT molecular complexity index is 731. The molecule has 3 rings (SSSR count). The fourth-order valence-corrected chi connectivity index (χ4v) is 2.84. The van der Waals surface area contributed by atoms with Gasteiger partial charge < -0.3 is 10.6 Å². The first-order valence-corrected chi connectivity index (χ1v) is 7.59. The third-order valence-electron chi connectivity index (χ3n) is 4.41. The Morgan fingerprint density at radius 1 is 1.30 bits per heavy atom. The summed E-state index contributed by atoms with van der Waals surface area (Å²) in [5, 5.41) is 4.48. The number of fused-ring (bicyclic) bond motifs is 1. The van der Waals surface area contributed by atoms with Gasteiger partial charge in [-0.2, -0.15) is 13.2 Å². The topological polar surface area (TPSA) is 41.1 Å². The van der Waals surface area contributed by atoms with Crippen LogP contribution in [-0.2, 0) is 5.54 Å². The van der Waals surface area contributed by atoms with Crippen molar-refractivity contribution >= 4 is 23.3 Å². The molecule has 1 aromatic rings. The summed E-state index contributed by atoms with van der Waals surface area (Å²) >= 11 is 5.86. The molecule has 1 heterocycles. The van der Waals surface area contributed by atoms with Crippen molar-refractivity contribution in [1.29, 1.82) is 0 Å². The molecular formula is C16H14ClF3N2O. The fourth-order valence-electron chi connectivity index (χ4n) is 2.66. The van der Waals surface area contributed by atoms with Gasteiger partial charge in [0.1, 0.15) is 0 Å². The maximum Gasteiger partial charge on any atom is 0.427 e. The second kappa shape index (κ2) is 5.07. The Morgan fingerprint density at radius 3 is 2.57 bits per heavy atom. The summed E-state index contributed by atoms with van der Waals surface area (Å²) in [6, 6.07) is 3.03. The van der Waals surface area contributed by atoms with Crippen molar-refractivity contribution in [3.05, 3.63) is 28.8 Å². The maximum absolute atomic E-state index is 13.9. The van der Waals surface area contributed by atoms with Crippen LogP contribution in [0.5, 0.6) is 0 Å². The van der Waals surface area contributed by atoms with Gasteiger partial charge in [-0.25, -0.2) is 4.79 Å². The van der Waals surface area contributed by atoms with E-state index in [2.05, 4.69) is 17.2 Å². The number of amides is 2. The molecule has 7 heteroatoms. The van der Waals surface area contributed by atoms with Crippen LogP contribution in [0.15, 0.2) is 18.2 Å². The van der Waals surface area contributed by atoms with Gasteiger partial charge in [-0.1, -0.05) is 30.4 Å². The number of halogens is 4. The highest BCUT2D eigenvalue weighted by molar-refractivity contribution is 6.30. The van der Waals surface area contributed by atoms with Gasteiger partial charge in [0.15, 0.2) is 0 Å². The van der Waals surface area contributed by atoms with Crippen LogP contribution in [0, 0.1) is 17.3 Å². The highest BCUT2D eigenvalue weighted by Crippen LogP contribution is 2.50. The lowest BCUT2D eigenvalue weighted by molar-refractivity contribution is -0.178. The van der Waals surface area contributed by atoms with Gasteiger partial charge in [-0.05, 0) is 37.5 Å². The number of urea groups is 1. The molecule has 1 saturated carbocycles. The van der Waals surface area contributed by atoms with E-state index in [4.69, 9.17) is 11.6 Å². The molecule has 23 heavy (non-hydrogen) atoms. The van der Waals surface area contributed by atoms with Crippen molar-refractivity contribution in [2.45, 2.75) is 37.9 Å². The molecule has 0 saturated heterocycles. The summed E-state index contributed by atoms with van der Waals surface area (Å²) < 4.78 is 41.7. The number of hydrogen-bond acceptors (Lipinski definition) is 1. The Hall–Kier alpha value is -1.87. The molecule has 0 radical (unpaired) electrons. The number of hydrogen-bond donors (Lipinski definition) is 2. The summed E-state index contributed by atoms with van der Waals surface area (Å²) in [5.74, 6) is 5.10. The van der Waals surface area contributed by atoms with E-state index < -0.39 is 17.7 Å². The number of rotatable bonds is 1. The number of carbonyl (C=O) groups excluding carboxylic acids is 1. The number of anilines is 1. The van der Waals surface area contributed by atoms with Crippen molar-refractivity contribution in [2.24, 2.45) is 5.41 Å². The smallest absolute Gasteiger partial charge is 0.310 e. The van der Waals surface area contributed by atoms with E-state index in [-0.39, 0.29) is 21.7 Å². The molecule has 1 atom stereocenters. The van der Waals surface area contributed by atoms with Gasteiger partial charge >= 0.3 is 12.2 Å². The standard InChI is InChI=1S/C16H14ClF3N2O/c1-2-14(5-6-14)7-8-15(16(18,19)20)11-9-10(17)3-4-12(11)21-13(23)22-15/h3-4,9H,2,5-6H2,1H3,(H2,21,22,23)/t15-/m0/s1. The predicted molar refractivity (Wildman–Crippen MR) is 81.1 cm³/mol. The van der Waals surface area contributed by atoms with Gasteiger partial charge in [0.2, 0.25) is 5.54 Å². The summed E-state index contributed by atoms with van der Waals surface area (Å²) in [7, 11) is 0. The summed E-state index contributed by atoms with van der Waals surface area (Å²) in [4.78, 5) is 11.8. The van der Waals surface area contributed by atoms with Crippen molar-refractivity contribution in [3.63, 3.8) is 0 Å². The molecule has 2 amide bonds. The number of nitrogens with one attached hydrogen (secondary N) is 2. The molecule has 0 unspecified atom stereocenters. The third kappa shape index (κ3) is 2.63. The van der Waals surface area contributed by atoms with Crippen LogP contribution in [-0.4, -0.2) is 12.2 Å². The lowest BCUT2D eigenvalue weighted by Crippen LogP contribution is -2.59. The SMILES string of the molecule is CCC1(C#C[C@]2(C(F)(F)F)NC(=O)Nc3ccc(Cl)cc32)CC1. The Balaban J connectivity index is 2.21. The monoisotopic (exact) mass is 342 g/mol. The van der Waals surface area contributed by atoms with Crippen LogP contribution in [0.25, 0.3) is 0 Å². The highest BCUT2D eigenvalue weighted by atomic mass is 35.5. The molecule has 1 aromatic carbocycles. The van der Waals surface area contributed by atoms with Crippen LogP contribution < -0.4 is 10.6 Å². The number of alkyl halides is 3. The molecular weight excluding hydrogens is 329 g/mol.